The number of carbonyl (C=O) groups is 3. The van der Waals surface area contributed by atoms with Crippen LogP contribution >= 0.6 is 11.8 Å². The lowest BCUT2D eigenvalue weighted by molar-refractivity contribution is -0.112. The highest BCUT2D eigenvalue weighted by Crippen LogP contribution is 2.44. The number of carbonyl (C=O) groups excluding carboxylic acids is 3. The molecule has 2 saturated carbocycles. The van der Waals surface area contributed by atoms with Gasteiger partial charge in [-0.05, 0) is 73.7 Å². The SMILES string of the molecule is CCCC(C=O)N(C)Cc1c(C=O)cccc1SCc1ccc(CNC(C2CC2)C2CC2)cc1.CNC=O. The number of nitrogens with zero attached hydrogens (tertiary/aromatic N) is 1. The van der Waals surface area contributed by atoms with Gasteiger partial charge in [-0.2, -0.15) is 0 Å². The molecule has 0 aromatic heterocycles. The van der Waals surface area contributed by atoms with Crippen molar-refractivity contribution in [2.45, 2.75) is 81.3 Å². The molecule has 2 aliphatic carbocycles. The molecule has 2 fully saturated rings. The lowest BCUT2D eigenvalue weighted by Crippen LogP contribution is -2.32. The smallest absolute Gasteiger partial charge is 0.206 e. The van der Waals surface area contributed by atoms with Crippen molar-refractivity contribution in [1.82, 2.24) is 15.5 Å². The van der Waals surface area contributed by atoms with Crippen molar-refractivity contribution < 1.29 is 14.4 Å². The van der Waals surface area contributed by atoms with Crippen LogP contribution in [0.3, 0.4) is 0 Å². The number of hydrogen-bond donors (Lipinski definition) is 2. The number of thioether (sulfide) groups is 1. The first-order valence-electron chi connectivity index (χ1n) is 13.8. The summed E-state index contributed by atoms with van der Waals surface area (Å²) >= 11 is 1.76. The predicted octanol–water partition coefficient (Wildman–Crippen LogP) is 5.23. The van der Waals surface area contributed by atoms with E-state index in [4.69, 9.17) is 4.79 Å². The summed E-state index contributed by atoms with van der Waals surface area (Å²) in [5.41, 5.74) is 4.35. The van der Waals surface area contributed by atoms with E-state index in [1.165, 1.54) is 36.8 Å². The van der Waals surface area contributed by atoms with Crippen LogP contribution in [-0.2, 0) is 28.4 Å². The van der Waals surface area contributed by atoms with E-state index in [0.717, 1.165) is 66.0 Å². The predicted molar refractivity (Wildman–Crippen MR) is 155 cm³/mol. The molecule has 0 saturated heterocycles. The van der Waals surface area contributed by atoms with Gasteiger partial charge in [0.25, 0.3) is 0 Å². The van der Waals surface area contributed by atoms with Crippen LogP contribution in [0.1, 0.15) is 72.5 Å². The van der Waals surface area contributed by atoms with E-state index < -0.39 is 0 Å². The number of amides is 1. The first-order valence-corrected chi connectivity index (χ1v) is 14.8. The van der Waals surface area contributed by atoms with Crippen LogP contribution in [0.25, 0.3) is 0 Å². The fourth-order valence-corrected chi connectivity index (χ4v) is 5.88. The van der Waals surface area contributed by atoms with Gasteiger partial charge in [-0.1, -0.05) is 49.7 Å². The Morgan fingerprint density at radius 2 is 1.63 bits per heavy atom. The summed E-state index contributed by atoms with van der Waals surface area (Å²) in [4.78, 5) is 35.5. The minimum Gasteiger partial charge on any atom is -0.362 e. The van der Waals surface area contributed by atoms with Crippen LogP contribution < -0.4 is 10.6 Å². The van der Waals surface area contributed by atoms with Crippen molar-refractivity contribution in [3.05, 3.63) is 64.7 Å². The highest BCUT2D eigenvalue weighted by molar-refractivity contribution is 7.98. The lowest BCUT2D eigenvalue weighted by Gasteiger charge is -2.25. The fourth-order valence-electron chi connectivity index (χ4n) is 4.83. The van der Waals surface area contributed by atoms with Gasteiger partial charge in [0.2, 0.25) is 6.41 Å². The summed E-state index contributed by atoms with van der Waals surface area (Å²) in [6.07, 6.45) is 9.98. The van der Waals surface area contributed by atoms with Crippen molar-refractivity contribution in [2.75, 3.05) is 14.1 Å². The van der Waals surface area contributed by atoms with Gasteiger partial charge < -0.3 is 15.4 Å². The van der Waals surface area contributed by atoms with E-state index in [2.05, 4.69) is 52.8 Å². The Morgan fingerprint density at radius 3 is 2.16 bits per heavy atom. The number of hydrogen-bond acceptors (Lipinski definition) is 6. The molecule has 0 spiro atoms. The molecule has 2 N–H and O–H groups in total. The highest BCUT2D eigenvalue weighted by Gasteiger charge is 2.40. The Hall–Kier alpha value is -2.48. The van der Waals surface area contributed by atoms with Crippen molar-refractivity contribution in [2.24, 2.45) is 11.8 Å². The molecule has 0 bridgehead atoms. The van der Waals surface area contributed by atoms with Crippen LogP contribution in [-0.4, -0.2) is 50.1 Å². The summed E-state index contributed by atoms with van der Waals surface area (Å²) in [7, 11) is 3.53. The summed E-state index contributed by atoms with van der Waals surface area (Å²) in [6.45, 7) is 3.64. The van der Waals surface area contributed by atoms with E-state index in [1.54, 1.807) is 18.8 Å². The number of nitrogens with one attached hydrogen (secondary N) is 2. The minimum atomic E-state index is -0.122. The number of aldehydes is 2. The number of likely N-dealkylation sites (N-methyl/N-ethyl adjacent to an activating group) is 1. The molecule has 1 amide bonds. The second-order valence-corrected chi connectivity index (χ2v) is 11.5. The standard InChI is InChI=1S/C29H38N2O2S.C2H5NO/c1-3-5-26(19-33)31(2)17-27-25(18-32)6-4-7-28(27)34-20-22-10-8-21(9-11-22)16-30-29(23-12-13-23)24-14-15-24;1-3-2-4/h4,6-11,18-19,23-24,26,29-30H,3,5,12-17,20H2,1-2H3;2H,1H3,(H,3,4). The highest BCUT2D eigenvalue weighted by atomic mass is 32.2. The quantitative estimate of drug-likeness (QED) is 0.226. The van der Waals surface area contributed by atoms with Gasteiger partial charge in [0.05, 0.1) is 6.04 Å². The third kappa shape index (κ3) is 9.37. The third-order valence-corrected chi connectivity index (χ3v) is 8.52. The van der Waals surface area contributed by atoms with E-state index >= 15 is 0 Å². The molecule has 2 aromatic rings. The Balaban J connectivity index is 0.000000934. The monoisotopic (exact) mass is 537 g/mol. The van der Waals surface area contributed by atoms with Crippen LogP contribution in [0.2, 0.25) is 0 Å². The summed E-state index contributed by atoms with van der Waals surface area (Å²) < 4.78 is 0. The van der Waals surface area contributed by atoms with Gasteiger partial charge in [0.15, 0.2) is 0 Å². The van der Waals surface area contributed by atoms with Crippen LogP contribution in [0, 0.1) is 11.8 Å². The van der Waals surface area contributed by atoms with Gasteiger partial charge in [0, 0.05) is 42.4 Å². The Kier molecular flexibility index (Phi) is 12.5. The number of rotatable bonds is 16. The lowest BCUT2D eigenvalue weighted by atomic mass is 10.1. The van der Waals surface area contributed by atoms with Crippen LogP contribution in [0.5, 0.6) is 0 Å². The molecule has 1 atom stereocenters. The van der Waals surface area contributed by atoms with E-state index in [0.29, 0.717) is 18.5 Å². The maximum atomic E-state index is 11.7. The second-order valence-electron chi connectivity index (χ2n) is 10.4. The van der Waals surface area contributed by atoms with E-state index in [1.807, 2.05) is 19.2 Å². The number of benzene rings is 2. The molecule has 6 nitrogen and oxygen atoms in total. The third-order valence-electron chi connectivity index (χ3n) is 7.35. The molecule has 0 radical (unpaired) electrons. The normalized spacial score (nSPS) is 15.5. The molecule has 1 unspecified atom stereocenters. The first kappa shape index (κ1) is 30.1. The van der Waals surface area contributed by atoms with Gasteiger partial charge in [-0.25, -0.2) is 0 Å². The summed E-state index contributed by atoms with van der Waals surface area (Å²) in [5, 5.41) is 6.08. The average Bonchev–Trinajstić information content (AvgIpc) is 3.87. The fraction of sp³-hybridized carbons (Fsp3) is 0.516. The van der Waals surface area contributed by atoms with E-state index in [9.17, 15) is 9.59 Å². The average molecular weight is 538 g/mol. The van der Waals surface area contributed by atoms with Crippen molar-refractivity contribution in [3.8, 4) is 0 Å². The van der Waals surface area contributed by atoms with Crippen molar-refractivity contribution >= 4 is 30.7 Å². The molecule has 4 rings (SSSR count). The Labute approximate surface area is 232 Å². The summed E-state index contributed by atoms with van der Waals surface area (Å²) in [5.74, 6) is 2.69. The maximum absolute atomic E-state index is 11.7. The largest absolute Gasteiger partial charge is 0.362 e. The van der Waals surface area contributed by atoms with Gasteiger partial charge in [-0.3, -0.25) is 14.5 Å². The molecule has 0 heterocycles. The zero-order valence-corrected chi connectivity index (χ0v) is 23.8. The Morgan fingerprint density at radius 1 is 1.00 bits per heavy atom. The molecule has 38 heavy (non-hydrogen) atoms. The first-order chi connectivity index (χ1) is 18.5. The van der Waals surface area contributed by atoms with E-state index in [-0.39, 0.29) is 6.04 Å². The molecule has 0 aliphatic heterocycles. The van der Waals surface area contributed by atoms with Crippen LogP contribution in [0.4, 0.5) is 0 Å². The molecular weight excluding hydrogens is 494 g/mol. The van der Waals surface area contributed by atoms with Crippen molar-refractivity contribution in [3.63, 3.8) is 0 Å². The Bertz CT molecular complexity index is 1010. The second kappa shape index (κ2) is 15.8. The molecule has 206 valence electrons. The van der Waals surface area contributed by atoms with Gasteiger partial charge in [-0.15, -0.1) is 11.8 Å². The van der Waals surface area contributed by atoms with Gasteiger partial charge in [0.1, 0.15) is 12.6 Å². The molecule has 7 heteroatoms. The van der Waals surface area contributed by atoms with Gasteiger partial charge >= 0.3 is 0 Å². The van der Waals surface area contributed by atoms with Crippen LogP contribution in [0.15, 0.2) is 47.4 Å². The molecule has 2 aromatic carbocycles. The molecule has 2 aliphatic rings. The molecular formula is C31H43N3O3S. The topological polar surface area (TPSA) is 78.5 Å². The minimum absolute atomic E-state index is 0.122. The van der Waals surface area contributed by atoms with Crippen molar-refractivity contribution in [1.29, 1.82) is 0 Å². The zero-order chi connectivity index (χ0) is 27.3. The zero-order valence-electron chi connectivity index (χ0n) is 23.0. The maximum Gasteiger partial charge on any atom is 0.206 e. The summed E-state index contributed by atoms with van der Waals surface area (Å²) in [6, 6.07) is 15.5.